The summed E-state index contributed by atoms with van der Waals surface area (Å²) in [5.41, 5.74) is 2.02. The Morgan fingerprint density at radius 2 is 2.31 bits per heavy atom. The Labute approximate surface area is 76.5 Å². The van der Waals surface area contributed by atoms with E-state index in [-0.39, 0.29) is 6.79 Å². The van der Waals surface area contributed by atoms with Crippen LogP contribution >= 0.6 is 0 Å². The van der Waals surface area contributed by atoms with Crippen LogP contribution in [0.15, 0.2) is 12.1 Å². The Morgan fingerprint density at radius 3 is 3.08 bits per heavy atom. The molecule has 0 saturated heterocycles. The molecule has 0 atom stereocenters. The van der Waals surface area contributed by atoms with Gasteiger partial charge in [0.2, 0.25) is 6.79 Å². The summed E-state index contributed by atoms with van der Waals surface area (Å²) in [5, 5.41) is 8.57. The molecule has 0 bridgehead atoms. The van der Waals surface area contributed by atoms with Gasteiger partial charge in [-0.05, 0) is 24.1 Å². The fourth-order valence-electron chi connectivity index (χ4n) is 1.43. The minimum absolute atomic E-state index is 0.284. The highest BCUT2D eigenvalue weighted by Gasteiger charge is 2.17. The molecule has 0 aliphatic carbocycles. The van der Waals surface area contributed by atoms with Crippen molar-refractivity contribution in [2.24, 2.45) is 0 Å². The maximum Gasteiger partial charge on any atom is 0.231 e. The highest BCUT2D eigenvalue weighted by molar-refractivity contribution is 5.51. The maximum atomic E-state index is 8.57. The Bertz CT molecular complexity index is 379. The van der Waals surface area contributed by atoms with Gasteiger partial charge in [0.05, 0.1) is 12.5 Å². The van der Waals surface area contributed by atoms with E-state index in [4.69, 9.17) is 14.7 Å². The summed E-state index contributed by atoms with van der Waals surface area (Å²) in [6.45, 7) is 2.23. The largest absolute Gasteiger partial charge is 0.454 e. The van der Waals surface area contributed by atoms with Crippen LogP contribution in [0.5, 0.6) is 11.5 Å². The molecule has 0 spiro atoms. The zero-order valence-corrected chi connectivity index (χ0v) is 7.33. The number of nitriles is 1. The van der Waals surface area contributed by atoms with E-state index in [9.17, 15) is 0 Å². The van der Waals surface area contributed by atoms with Gasteiger partial charge in [-0.1, -0.05) is 6.07 Å². The van der Waals surface area contributed by atoms with E-state index in [1.807, 2.05) is 19.1 Å². The van der Waals surface area contributed by atoms with Crippen LogP contribution in [0.1, 0.15) is 11.1 Å². The van der Waals surface area contributed by atoms with Crippen LogP contribution in [0.4, 0.5) is 0 Å². The monoisotopic (exact) mass is 175 g/mol. The van der Waals surface area contributed by atoms with E-state index in [2.05, 4.69) is 6.07 Å². The van der Waals surface area contributed by atoms with Crippen molar-refractivity contribution in [1.29, 1.82) is 5.26 Å². The minimum atomic E-state index is 0.284. The van der Waals surface area contributed by atoms with Crippen molar-refractivity contribution in [3.8, 4) is 17.6 Å². The summed E-state index contributed by atoms with van der Waals surface area (Å²) in [7, 11) is 0. The van der Waals surface area contributed by atoms with Crippen molar-refractivity contribution < 1.29 is 9.47 Å². The molecule has 0 saturated carbocycles. The third-order valence-corrected chi connectivity index (χ3v) is 2.17. The van der Waals surface area contributed by atoms with E-state index in [0.29, 0.717) is 6.42 Å². The van der Waals surface area contributed by atoms with E-state index in [1.165, 1.54) is 0 Å². The van der Waals surface area contributed by atoms with Crippen molar-refractivity contribution in [2.45, 2.75) is 13.3 Å². The Hall–Kier alpha value is -1.69. The first-order valence-corrected chi connectivity index (χ1v) is 4.08. The summed E-state index contributed by atoms with van der Waals surface area (Å²) < 4.78 is 10.5. The molecule has 66 valence electrons. The first kappa shape index (κ1) is 7.93. The summed E-state index contributed by atoms with van der Waals surface area (Å²) in [5.74, 6) is 1.56. The average molecular weight is 175 g/mol. The molecule has 0 aromatic heterocycles. The van der Waals surface area contributed by atoms with Crippen molar-refractivity contribution in [3.05, 3.63) is 23.3 Å². The highest BCUT2D eigenvalue weighted by Crippen LogP contribution is 2.36. The van der Waals surface area contributed by atoms with Gasteiger partial charge in [0.25, 0.3) is 0 Å². The molecule has 1 aromatic carbocycles. The molecule has 2 rings (SSSR count). The van der Waals surface area contributed by atoms with Crippen LogP contribution in [0, 0.1) is 18.3 Å². The Morgan fingerprint density at radius 1 is 1.46 bits per heavy atom. The molecule has 0 amide bonds. The zero-order valence-electron chi connectivity index (χ0n) is 7.33. The molecule has 0 fully saturated rings. The predicted molar refractivity (Wildman–Crippen MR) is 46.6 cm³/mol. The lowest BCUT2D eigenvalue weighted by molar-refractivity contribution is 0.173. The molecule has 0 N–H and O–H groups in total. The molecule has 0 unspecified atom stereocenters. The van der Waals surface area contributed by atoms with Gasteiger partial charge < -0.3 is 9.47 Å². The van der Waals surface area contributed by atoms with Crippen LogP contribution < -0.4 is 9.47 Å². The van der Waals surface area contributed by atoms with E-state index in [0.717, 1.165) is 22.6 Å². The summed E-state index contributed by atoms with van der Waals surface area (Å²) in [4.78, 5) is 0. The summed E-state index contributed by atoms with van der Waals surface area (Å²) in [6, 6.07) is 5.88. The van der Waals surface area contributed by atoms with E-state index >= 15 is 0 Å². The molecule has 1 aliphatic rings. The van der Waals surface area contributed by atoms with Gasteiger partial charge in [0, 0.05) is 0 Å². The van der Waals surface area contributed by atoms with Gasteiger partial charge in [-0.2, -0.15) is 5.26 Å². The zero-order chi connectivity index (χ0) is 9.26. The normalized spacial score (nSPS) is 12.6. The Balaban J connectivity index is 2.47. The molecular formula is C10H9NO2. The van der Waals surface area contributed by atoms with Gasteiger partial charge in [-0.3, -0.25) is 0 Å². The first-order valence-electron chi connectivity index (χ1n) is 4.08. The van der Waals surface area contributed by atoms with E-state index in [1.54, 1.807) is 0 Å². The SMILES string of the molecule is Cc1c(CC#N)ccc2c1OCO2. The van der Waals surface area contributed by atoms with Crippen molar-refractivity contribution in [1.82, 2.24) is 0 Å². The number of rotatable bonds is 1. The first-order chi connectivity index (χ1) is 6.33. The third kappa shape index (κ3) is 1.20. The van der Waals surface area contributed by atoms with Gasteiger partial charge in [-0.25, -0.2) is 0 Å². The number of ether oxygens (including phenoxy) is 2. The molecule has 13 heavy (non-hydrogen) atoms. The Kier molecular flexibility index (Phi) is 1.82. The molecule has 0 radical (unpaired) electrons. The molecular weight excluding hydrogens is 166 g/mol. The second kappa shape index (κ2) is 2.98. The van der Waals surface area contributed by atoms with Crippen LogP contribution in [-0.2, 0) is 6.42 Å². The fraction of sp³-hybridized carbons (Fsp3) is 0.300. The quantitative estimate of drug-likeness (QED) is 0.653. The smallest absolute Gasteiger partial charge is 0.231 e. The van der Waals surface area contributed by atoms with Crippen LogP contribution in [-0.4, -0.2) is 6.79 Å². The van der Waals surface area contributed by atoms with Gasteiger partial charge in [-0.15, -0.1) is 0 Å². The lowest BCUT2D eigenvalue weighted by atomic mass is 10.1. The molecule has 3 nitrogen and oxygen atoms in total. The average Bonchev–Trinajstić information content (AvgIpc) is 2.58. The second-order valence-corrected chi connectivity index (χ2v) is 2.92. The number of hydrogen-bond donors (Lipinski definition) is 0. The molecule has 3 heteroatoms. The number of fused-ring (bicyclic) bond motifs is 1. The van der Waals surface area contributed by atoms with Gasteiger partial charge in [0.1, 0.15) is 0 Å². The molecule has 1 aliphatic heterocycles. The molecule has 1 aromatic rings. The topological polar surface area (TPSA) is 42.2 Å². The predicted octanol–water partition coefficient (Wildman–Crippen LogP) is 1.79. The molecule has 1 heterocycles. The van der Waals surface area contributed by atoms with Crippen LogP contribution in [0.25, 0.3) is 0 Å². The number of benzene rings is 1. The fourth-order valence-corrected chi connectivity index (χ4v) is 1.43. The van der Waals surface area contributed by atoms with Crippen LogP contribution in [0.2, 0.25) is 0 Å². The van der Waals surface area contributed by atoms with Crippen molar-refractivity contribution in [2.75, 3.05) is 6.79 Å². The van der Waals surface area contributed by atoms with Gasteiger partial charge >= 0.3 is 0 Å². The standard InChI is InChI=1S/C10H9NO2/c1-7-8(4-5-11)2-3-9-10(7)13-6-12-9/h2-3H,4,6H2,1H3. The van der Waals surface area contributed by atoms with Crippen LogP contribution in [0.3, 0.4) is 0 Å². The second-order valence-electron chi connectivity index (χ2n) is 2.92. The third-order valence-electron chi connectivity index (χ3n) is 2.17. The van der Waals surface area contributed by atoms with Crippen molar-refractivity contribution in [3.63, 3.8) is 0 Å². The summed E-state index contributed by atoms with van der Waals surface area (Å²) >= 11 is 0. The number of nitrogens with zero attached hydrogens (tertiary/aromatic N) is 1. The minimum Gasteiger partial charge on any atom is -0.454 e. The lowest BCUT2D eigenvalue weighted by Gasteiger charge is -2.04. The maximum absolute atomic E-state index is 8.57. The number of hydrogen-bond acceptors (Lipinski definition) is 3. The van der Waals surface area contributed by atoms with Gasteiger partial charge in [0.15, 0.2) is 11.5 Å². The lowest BCUT2D eigenvalue weighted by Crippen LogP contribution is -1.94. The highest BCUT2D eigenvalue weighted by atomic mass is 16.7. The summed E-state index contributed by atoms with van der Waals surface area (Å²) in [6.07, 6.45) is 0.419. The van der Waals surface area contributed by atoms with Crippen molar-refractivity contribution >= 4 is 0 Å². The van der Waals surface area contributed by atoms with E-state index < -0.39 is 0 Å².